The largest absolute Gasteiger partial charge is 0.435 e. The van der Waals surface area contributed by atoms with Crippen molar-refractivity contribution >= 4 is 17.5 Å². The summed E-state index contributed by atoms with van der Waals surface area (Å²) in [6, 6.07) is 6.50. The number of nitrogens with zero attached hydrogens (tertiary/aromatic N) is 3. The molecule has 1 aromatic carbocycles. The van der Waals surface area contributed by atoms with Crippen molar-refractivity contribution in [2.45, 2.75) is 38.4 Å². The third kappa shape index (κ3) is 4.02. The number of rotatable bonds is 4. The average molecular weight is 394 g/mol. The number of nitrogens with one attached hydrogen (secondary N) is 1. The number of anilines is 1. The molecule has 1 heterocycles. The van der Waals surface area contributed by atoms with Crippen LogP contribution in [0.25, 0.3) is 0 Å². The van der Waals surface area contributed by atoms with Gasteiger partial charge in [-0.25, -0.2) is 0 Å². The molecule has 1 aromatic heterocycles. The summed E-state index contributed by atoms with van der Waals surface area (Å²) in [5, 5.41) is 6.31. The van der Waals surface area contributed by atoms with Gasteiger partial charge in [-0.3, -0.25) is 14.3 Å². The molecule has 0 aliphatic heterocycles. The number of hydrogen-bond acceptors (Lipinski definition) is 3. The minimum absolute atomic E-state index is 0.190. The summed E-state index contributed by atoms with van der Waals surface area (Å²) in [4.78, 5) is 26.1. The van der Waals surface area contributed by atoms with Gasteiger partial charge in [0.2, 0.25) is 5.91 Å². The molecule has 2 amide bonds. The third-order valence-electron chi connectivity index (χ3n) is 4.66. The molecule has 0 saturated heterocycles. The number of aromatic nitrogens is 2. The van der Waals surface area contributed by atoms with E-state index >= 15 is 0 Å². The SMILES string of the molecule is CN(C)C(=O)c1ccccc1NC(=O)Cn1nc(C(F)(F)F)c2c1CCCC2. The van der Waals surface area contributed by atoms with Gasteiger partial charge in [-0.2, -0.15) is 18.3 Å². The molecule has 1 aliphatic rings. The maximum absolute atomic E-state index is 13.3. The molecule has 6 nitrogen and oxygen atoms in total. The Hall–Kier alpha value is -2.84. The van der Waals surface area contributed by atoms with E-state index in [2.05, 4.69) is 10.4 Å². The topological polar surface area (TPSA) is 67.2 Å². The summed E-state index contributed by atoms with van der Waals surface area (Å²) in [6.07, 6.45) is -2.34. The van der Waals surface area contributed by atoms with E-state index in [1.54, 1.807) is 38.4 Å². The lowest BCUT2D eigenvalue weighted by Crippen LogP contribution is -2.26. The number of benzene rings is 1. The minimum Gasteiger partial charge on any atom is -0.345 e. The van der Waals surface area contributed by atoms with E-state index in [4.69, 9.17) is 0 Å². The van der Waals surface area contributed by atoms with Gasteiger partial charge in [-0.1, -0.05) is 12.1 Å². The van der Waals surface area contributed by atoms with Crippen LogP contribution in [-0.2, 0) is 30.4 Å². The van der Waals surface area contributed by atoms with Crippen molar-refractivity contribution in [1.29, 1.82) is 0 Å². The number of alkyl halides is 3. The monoisotopic (exact) mass is 394 g/mol. The van der Waals surface area contributed by atoms with Gasteiger partial charge in [0.1, 0.15) is 6.54 Å². The fourth-order valence-corrected chi connectivity index (χ4v) is 3.37. The van der Waals surface area contributed by atoms with Crippen molar-refractivity contribution in [3.05, 3.63) is 46.8 Å². The van der Waals surface area contributed by atoms with Gasteiger partial charge >= 0.3 is 6.18 Å². The molecule has 150 valence electrons. The Morgan fingerprint density at radius 3 is 2.54 bits per heavy atom. The maximum Gasteiger partial charge on any atom is 0.435 e. The van der Waals surface area contributed by atoms with Gasteiger partial charge < -0.3 is 10.2 Å². The van der Waals surface area contributed by atoms with Gasteiger partial charge in [-0.05, 0) is 37.8 Å². The number of carbonyl (C=O) groups excluding carboxylic acids is 2. The third-order valence-corrected chi connectivity index (χ3v) is 4.66. The highest BCUT2D eigenvalue weighted by atomic mass is 19.4. The molecule has 2 aromatic rings. The van der Waals surface area contributed by atoms with Crippen LogP contribution < -0.4 is 5.32 Å². The lowest BCUT2D eigenvalue weighted by molar-refractivity contribution is -0.142. The average Bonchev–Trinajstić information content (AvgIpc) is 3.00. The Kier molecular flexibility index (Phi) is 5.44. The van der Waals surface area contributed by atoms with Crippen LogP contribution in [0.15, 0.2) is 24.3 Å². The molecular weight excluding hydrogens is 373 g/mol. The Morgan fingerprint density at radius 2 is 1.86 bits per heavy atom. The fourth-order valence-electron chi connectivity index (χ4n) is 3.37. The van der Waals surface area contributed by atoms with Crippen LogP contribution in [0.2, 0.25) is 0 Å². The highest BCUT2D eigenvalue weighted by molar-refractivity contribution is 6.03. The standard InChI is InChI=1S/C19H21F3N4O2/c1-25(2)18(28)12-7-3-5-9-14(12)23-16(27)11-26-15-10-6-4-8-13(15)17(24-26)19(20,21)22/h3,5,7,9H,4,6,8,10-11H2,1-2H3,(H,23,27). The van der Waals surface area contributed by atoms with Crippen molar-refractivity contribution < 1.29 is 22.8 Å². The lowest BCUT2D eigenvalue weighted by atomic mass is 9.95. The number of fused-ring (bicyclic) bond motifs is 1. The van der Waals surface area contributed by atoms with Gasteiger partial charge in [-0.15, -0.1) is 0 Å². The maximum atomic E-state index is 13.3. The van der Waals surface area contributed by atoms with Gasteiger partial charge in [0, 0.05) is 25.4 Å². The molecule has 0 radical (unpaired) electrons. The van der Waals surface area contributed by atoms with E-state index in [1.165, 1.54) is 4.90 Å². The number of amides is 2. The van der Waals surface area contributed by atoms with E-state index < -0.39 is 17.8 Å². The fraction of sp³-hybridized carbons (Fsp3) is 0.421. The minimum atomic E-state index is -4.55. The van der Waals surface area contributed by atoms with Crippen LogP contribution in [-0.4, -0.2) is 40.6 Å². The summed E-state index contributed by atoms with van der Waals surface area (Å²) in [7, 11) is 3.19. The van der Waals surface area contributed by atoms with E-state index in [0.717, 1.165) is 11.1 Å². The quantitative estimate of drug-likeness (QED) is 0.867. The molecule has 28 heavy (non-hydrogen) atoms. The van der Waals surface area contributed by atoms with Crippen molar-refractivity contribution in [2.75, 3.05) is 19.4 Å². The van der Waals surface area contributed by atoms with Crippen LogP contribution in [0.5, 0.6) is 0 Å². The molecule has 3 rings (SSSR count). The number of halogens is 3. The second-order valence-electron chi connectivity index (χ2n) is 6.93. The first kappa shape index (κ1) is 19.9. The normalized spacial score (nSPS) is 13.8. The Balaban J connectivity index is 1.84. The zero-order chi connectivity index (χ0) is 20.5. The smallest absolute Gasteiger partial charge is 0.345 e. The lowest BCUT2D eigenvalue weighted by Gasteiger charge is -2.16. The highest BCUT2D eigenvalue weighted by Gasteiger charge is 2.39. The van der Waals surface area contributed by atoms with Crippen LogP contribution in [0.3, 0.4) is 0 Å². The van der Waals surface area contributed by atoms with Crippen LogP contribution >= 0.6 is 0 Å². The highest BCUT2D eigenvalue weighted by Crippen LogP contribution is 2.35. The van der Waals surface area contributed by atoms with Crippen LogP contribution in [0.4, 0.5) is 18.9 Å². The molecule has 0 unspecified atom stereocenters. The van der Waals surface area contributed by atoms with Crippen molar-refractivity contribution in [1.82, 2.24) is 14.7 Å². The molecular formula is C19H21F3N4O2. The Bertz CT molecular complexity index is 903. The van der Waals surface area contributed by atoms with E-state index in [9.17, 15) is 22.8 Å². The zero-order valence-electron chi connectivity index (χ0n) is 15.6. The number of carbonyl (C=O) groups is 2. The summed E-state index contributed by atoms with van der Waals surface area (Å²) >= 11 is 0. The van der Waals surface area contributed by atoms with Crippen molar-refractivity contribution in [3.63, 3.8) is 0 Å². The molecule has 9 heteroatoms. The van der Waals surface area contributed by atoms with E-state index in [0.29, 0.717) is 36.2 Å². The molecule has 1 N–H and O–H groups in total. The Labute approximate surface area is 160 Å². The first-order valence-electron chi connectivity index (χ1n) is 8.94. The number of hydrogen-bond donors (Lipinski definition) is 1. The summed E-state index contributed by atoms with van der Waals surface area (Å²) in [5.74, 6) is -0.824. The molecule has 1 aliphatic carbocycles. The molecule has 0 fully saturated rings. The van der Waals surface area contributed by atoms with Crippen molar-refractivity contribution in [2.24, 2.45) is 0 Å². The molecule has 0 spiro atoms. The second kappa shape index (κ2) is 7.65. The van der Waals surface area contributed by atoms with Gasteiger partial charge in [0.25, 0.3) is 5.91 Å². The van der Waals surface area contributed by atoms with Gasteiger partial charge in [0.05, 0.1) is 11.3 Å². The van der Waals surface area contributed by atoms with Crippen LogP contribution in [0, 0.1) is 0 Å². The predicted octanol–water partition coefficient (Wildman–Crippen LogP) is 3.12. The zero-order valence-corrected chi connectivity index (χ0v) is 15.6. The Morgan fingerprint density at radius 1 is 1.18 bits per heavy atom. The van der Waals surface area contributed by atoms with E-state index in [-0.39, 0.29) is 18.0 Å². The predicted molar refractivity (Wildman–Crippen MR) is 97.0 cm³/mol. The van der Waals surface area contributed by atoms with E-state index in [1.807, 2.05) is 0 Å². The van der Waals surface area contributed by atoms with Gasteiger partial charge in [0.15, 0.2) is 5.69 Å². The number of para-hydroxylation sites is 1. The molecule has 0 atom stereocenters. The molecule has 0 bridgehead atoms. The first-order valence-corrected chi connectivity index (χ1v) is 8.94. The second-order valence-corrected chi connectivity index (χ2v) is 6.93. The summed E-state index contributed by atoms with van der Waals surface area (Å²) in [5.41, 5.74) is 0.363. The molecule has 0 saturated carbocycles. The van der Waals surface area contributed by atoms with Crippen LogP contribution in [0.1, 0.15) is 40.2 Å². The first-order chi connectivity index (χ1) is 13.2. The summed E-state index contributed by atoms with van der Waals surface area (Å²) < 4.78 is 41.0. The van der Waals surface area contributed by atoms with Crippen molar-refractivity contribution in [3.8, 4) is 0 Å². The summed E-state index contributed by atoms with van der Waals surface area (Å²) in [6.45, 7) is -0.344.